The molecule has 3 atom stereocenters. The van der Waals surface area contributed by atoms with E-state index in [2.05, 4.69) is 29.8 Å². The maximum atomic E-state index is 5.22. The van der Waals surface area contributed by atoms with Gasteiger partial charge in [0.2, 0.25) is 0 Å². The van der Waals surface area contributed by atoms with Crippen LogP contribution in [0.1, 0.15) is 20.3 Å². The number of hydrogen-bond acceptors (Lipinski definition) is 1. The standard InChI is InChI=1S/C6H11BrO/c1-3-5(7)6-4(2)8-6/h4-6H,3H2,1-2H3. The Balaban J connectivity index is 2.18. The van der Waals surface area contributed by atoms with E-state index in [-0.39, 0.29) is 0 Å². The third kappa shape index (κ3) is 1.23. The van der Waals surface area contributed by atoms with Crippen molar-refractivity contribution in [2.24, 2.45) is 0 Å². The average Bonchev–Trinajstić information content (AvgIpc) is 2.45. The van der Waals surface area contributed by atoms with E-state index in [9.17, 15) is 0 Å². The third-order valence-electron chi connectivity index (χ3n) is 1.50. The lowest BCUT2D eigenvalue weighted by Gasteiger charge is -1.97. The van der Waals surface area contributed by atoms with Crippen LogP contribution in [-0.2, 0) is 4.74 Å². The molecule has 8 heavy (non-hydrogen) atoms. The van der Waals surface area contributed by atoms with Crippen molar-refractivity contribution in [3.05, 3.63) is 0 Å². The van der Waals surface area contributed by atoms with Crippen LogP contribution in [0.3, 0.4) is 0 Å². The van der Waals surface area contributed by atoms with Gasteiger partial charge in [-0.3, -0.25) is 0 Å². The van der Waals surface area contributed by atoms with Crippen molar-refractivity contribution in [3.63, 3.8) is 0 Å². The molecule has 0 radical (unpaired) electrons. The quantitative estimate of drug-likeness (QED) is 0.466. The van der Waals surface area contributed by atoms with Crippen LogP contribution >= 0.6 is 15.9 Å². The summed E-state index contributed by atoms with van der Waals surface area (Å²) in [5.74, 6) is 0. The van der Waals surface area contributed by atoms with Crippen molar-refractivity contribution in [1.29, 1.82) is 0 Å². The van der Waals surface area contributed by atoms with Gasteiger partial charge in [-0.2, -0.15) is 0 Å². The fourth-order valence-corrected chi connectivity index (χ4v) is 1.37. The van der Waals surface area contributed by atoms with Gasteiger partial charge < -0.3 is 4.74 Å². The average molecular weight is 179 g/mol. The van der Waals surface area contributed by atoms with Crippen LogP contribution < -0.4 is 0 Å². The van der Waals surface area contributed by atoms with E-state index >= 15 is 0 Å². The Morgan fingerprint density at radius 2 is 2.25 bits per heavy atom. The van der Waals surface area contributed by atoms with E-state index < -0.39 is 0 Å². The summed E-state index contributed by atoms with van der Waals surface area (Å²) in [4.78, 5) is 0.581. The first-order chi connectivity index (χ1) is 3.75. The molecule has 0 bridgehead atoms. The van der Waals surface area contributed by atoms with Gasteiger partial charge in [0, 0.05) is 4.83 Å². The highest BCUT2D eigenvalue weighted by atomic mass is 79.9. The molecule has 1 heterocycles. The summed E-state index contributed by atoms with van der Waals surface area (Å²) in [6.07, 6.45) is 2.16. The molecule has 0 aromatic carbocycles. The van der Waals surface area contributed by atoms with Crippen LogP contribution in [-0.4, -0.2) is 17.0 Å². The molecule has 0 N–H and O–H groups in total. The molecule has 0 spiro atoms. The predicted molar refractivity (Wildman–Crippen MR) is 37.3 cm³/mol. The van der Waals surface area contributed by atoms with Crippen molar-refractivity contribution in [2.45, 2.75) is 37.3 Å². The lowest BCUT2D eigenvalue weighted by molar-refractivity contribution is 0.374. The van der Waals surface area contributed by atoms with Crippen LogP contribution in [0, 0.1) is 0 Å². The summed E-state index contributed by atoms with van der Waals surface area (Å²) < 4.78 is 5.22. The van der Waals surface area contributed by atoms with E-state index in [4.69, 9.17) is 4.74 Å². The summed E-state index contributed by atoms with van der Waals surface area (Å²) in [5, 5.41) is 0. The van der Waals surface area contributed by atoms with E-state index in [1.165, 1.54) is 0 Å². The van der Waals surface area contributed by atoms with Crippen LogP contribution in [0.25, 0.3) is 0 Å². The van der Waals surface area contributed by atoms with Crippen LogP contribution in [0.2, 0.25) is 0 Å². The molecule has 48 valence electrons. The first-order valence-electron chi connectivity index (χ1n) is 3.05. The highest BCUT2D eigenvalue weighted by Crippen LogP contribution is 2.30. The number of ether oxygens (including phenoxy) is 1. The monoisotopic (exact) mass is 178 g/mol. The topological polar surface area (TPSA) is 12.5 Å². The normalized spacial score (nSPS) is 39.4. The first-order valence-corrected chi connectivity index (χ1v) is 3.96. The minimum absolute atomic E-state index is 0.499. The fourth-order valence-electron chi connectivity index (χ4n) is 0.814. The summed E-state index contributed by atoms with van der Waals surface area (Å²) in [6, 6.07) is 0. The molecule has 1 rings (SSSR count). The van der Waals surface area contributed by atoms with Crippen LogP contribution in [0.15, 0.2) is 0 Å². The zero-order chi connectivity index (χ0) is 6.15. The van der Waals surface area contributed by atoms with Crippen molar-refractivity contribution >= 4 is 15.9 Å². The van der Waals surface area contributed by atoms with Gasteiger partial charge in [-0.15, -0.1) is 0 Å². The predicted octanol–water partition coefficient (Wildman–Crippen LogP) is 1.95. The zero-order valence-electron chi connectivity index (χ0n) is 5.23. The molecule has 1 aliphatic heterocycles. The second-order valence-electron chi connectivity index (χ2n) is 2.23. The molecular weight excluding hydrogens is 168 g/mol. The van der Waals surface area contributed by atoms with Gasteiger partial charge in [-0.05, 0) is 13.3 Å². The maximum absolute atomic E-state index is 5.22. The minimum atomic E-state index is 0.499. The summed E-state index contributed by atoms with van der Waals surface area (Å²) >= 11 is 3.52. The minimum Gasteiger partial charge on any atom is -0.369 e. The Morgan fingerprint density at radius 3 is 2.38 bits per heavy atom. The Labute approximate surface area is 58.5 Å². The highest BCUT2D eigenvalue weighted by molar-refractivity contribution is 9.09. The molecule has 0 aromatic rings. The molecule has 0 amide bonds. The van der Waals surface area contributed by atoms with Gasteiger partial charge >= 0.3 is 0 Å². The van der Waals surface area contributed by atoms with Gasteiger partial charge in [0.05, 0.1) is 12.2 Å². The van der Waals surface area contributed by atoms with Crippen molar-refractivity contribution in [2.75, 3.05) is 0 Å². The molecule has 1 saturated heterocycles. The van der Waals surface area contributed by atoms with Crippen LogP contribution in [0.5, 0.6) is 0 Å². The molecule has 1 aliphatic rings. The highest BCUT2D eigenvalue weighted by Gasteiger charge is 2.38. The second-order valence-corrected chi connectivity index (χ2v) is 3.41. The van der Waals surface area contributed by atoms with E-state index in [0.717, 1.165) is 6.42 Å². The number of alkyl halides is 1. The Hall–Kier alpha value is 0.440. The van der Waals surface area contributed by atoms with E-state index in [0.29, 0.717) is 17.0 Å². The number of rotatable bonds is 2. The molecule has 1 nitrogen and oxygen atoms in total. The van der Waals surface area contributed by atoms with E-state index in [1.807, 2.05) is 0 Å². The molecule has 3 unspecified atom stereocenters. The van der Waals surface area contributed by atoms with Crippen molar-refractivity contribution < 1.29 is 4.74 Å². The maximum Gasteiger partial charge on any atom is 0.0963 e. The molecular formula is C6H11BrO. The van der Waals surface area contributed by atoms with Gasteiger partial charge in [0.15, 0.2) is 0 Å². The van der Waals surface area contributed by atoms with Gasteiger partial charge in [0.25, 0.3) is 0 Å². The van der Waals surface area contributed by atoms with Crippen molar-refractivity contribution in [3.8, 4) is 0 Å². The molecule has 0 aliphatic carbocycles. The number of halogens is 1. The Morgan fingerprint density at radius 1 is 1.75 bits per heavy atom. The van der Waals surface area contributed by atoms with Gasteiger partial charge in [-0.1, -0.05) is 22.9 Å². The first kappa shape index (κ1) is 6.56. The molecule has 0 aromatic heterocycles. The Kier molecular flexibility index (Phi) is 1.93. The summed E-state index contributed by atoms with van der Waals surface area (Å²) in [5.41, 5.74) is 0. The molecule has 2 heteroatoms. The zero-order valence-corrected chi connectivity index (χ0v) is 6.81. The SMILES string of the molecule is CCC(Br)C1OC1C. The molecule has 1 fully saturated rings. The fraction of sp³-hybridized carbons (Fsp3) is 1.00. The Bertz CT molecular complexity index is 82.6. The van der Waals surface area contributed by atoms with E-state index in [1.54, 1.807) is 0 Å². The lowest BCUT2D eigenvalue weighted by atomic mass is 10.2. The summed E-state index contributed by atoms with van der Waals surface area (Å²) in [6.45, 7) is 4.27. The number of epoxide rings is 1. The largest absolute Gasteiger partial charge is 0.369 e. The third-order valence-corrected chi connectivity index (χ3v) is 2.67. The van der Waals surface area contributed by atoms with Gasteiger partial charge in [-0.25, -0.2) is 0 Å². The smallest absolute Gasteiger partial charge is 0.0963 e. The van der Waals surface area contributed by atoms with Crippen molar-refractivity contribution in [1.82, 2.24) is 0 Å². The second kappa shape index (κ2) is 2.36. The van der Waals surface area contributed by atoms with Gasteiger partial charge in [0.1, 0.15) is 0 Å². The summed E-state index contributed by atoms with van der Waals surface area (Å²) in [7, 11) is 0. The lowest BCUT2D eigenvalue weighted by Crippen LogP contribution is -2.06. The van der Waals surface area contributed by atoms with Crippen LogP contribution in [0.4, 0.5) is 0 Å². The molecule has 0 saturated carbocycles. The number of hydrogen-bond donors (Lipinski definition) is 0.